The number of ketones is 2. The van der Waals surface area contributed by atoms with Crippen molar-refractivity contribution >= 4 is 58.1 Å². The number of amidine groups is 1. The fraction of sp³-hybridized carbons (Fsp3) is 0.225. The predicted molar refractivity (Wildman–Crippen MR) is 193 cm³/mol. The van der Waals surface area contributed by atoms with E-state index in [0.717, 1.165) is 19.3 Å². The van der Waals surface area contributed by atoms with E-state index < -0.39 is 11.3 Å². The predicted octanol–water partition coefficient (Wildman–Crippen LogP) is 8.12. The fourth-order valence-electron chi connectivity index (χ4n) is 6.29. The van der Waals surface area contributed by atoms with Crippen LogP contribution in [0.4, 0.5) is 0 Å². The van der Waals surface area contributed by atoms with E-state index >= 15 is 0 Å². The smallest absolute Gasteiger partial charge is 0.243 e. The molecule has 2 amide bonds. The number of hydrogen-bond donors (Lipinski definition) is 0. The summed E-state index contributed by atoms with van der Waals surface area (Å²) in [6, 6.07) is 27.6. The summed E-state index contributed by atoms with van der Waals surface area (Å²) in [6.45, 7) is 4.26. The molecule has 2 heterocycles. The van der Waals surface area contributed by atoms with Crippen molar-refractivity contribution in [3.8, 4) is 0 Å². The van der Waals surface area contributed by atoms with E-state index in [1.165, 1.54) is 4.90 Å². The molecule has 0 fully saturated rings. The van der Waals surface area contributed by atoms with Crippen molar-refractivity contribution in [2.45, 2.75) is 33.1 Å². The first-order valence-electron chi connectivity index (χ1n) is 16.3. The topological polar surface area (TPSA) is 87.1 Å². The van der Waals surface area contributed by atoms with E-state index in [1.807, 2.05) is 18.2 Å². The van der Waals surface area contributed by atoms with Crippen LogP contribution in [0.15, 0.2) is 108 Å². The molecule has 0 bridgehead atoms. The summed E-state index contributed by atoms with van der Waals surface area (Å²) in [5.41, 5.74) is 2.03. The molecule has 0 atom stereocenters. The van der Waals surface area contributed by atoms with E-state index in [0.29, 0.717) is 68.0 Å². The molecule has 49 heavy (non-hydrogen) atoms. The first-order valence-corrected chi connectivity index (χ1v) is 17.0. The summed E-state index contributed by atoms with van der Waals surface area (Å²) in [4.78, 5) is 64.2. The first-order chi connectivity index (χ1) is 23.6. The number of carbonyl (C=O) groups excluding carboxylic acids is 4. The third-order valence-electron chi connectivity index (χ3n) is 8.94. The van der Waals surface area contributed by atoms with Gasteiger partial charge in [0.05, 0.1) is 6.54 Å². The summed E-state index contributed by atoms with van der Waals surface area (Å²) in [6.07, 6.45) is 4.30. The summed E-state index contributed by atoms with van der Waals surface area (Å²) in [7, 11) is 0. The monoisotopic (exact) mass is 691 g/mol. The van der Waals surface area contributed by atoms with E-state index in [9.17, 15) is 19.2 Å². The lowest BCUT2D eigenvalue weighted by molar-refractivity contribution is -0.149. The number of nitrogens with zero attached hydrogens (tertiary/aromatic N) is 3. The third-order valence-corrected chi connectivity index (χ3v) is 9.44. The van der Waals surface area contributed by atoms with Crippen molar-refractivity contribution in [2.24, 2.45) is 10.4 Å². The molecule has 4 aromatic rings. The molecule has 0 saturated carbocycles. The Hall–Kier alpha value is -4.85. The van der Waals surface area contributed by atoms with Crippen molar-refractivity contribution < 1.29 is 19.2 Å². The SMILES string of the molecule is CC(C)(C(=O)N1CCCCC=C1c1ccccc1C(=O)c1ccc(Cl)cc1)C(=O)N1CCN=C1c1ccccc1C(=O)c1ccc(Cl)cc1. The van der Waals surface area contributed by atoms with Crippen molar-refractivity contribution in [3.05, 3.63) is 147 Å². The Morgan fingerprint density at radius 2 is 1.14 bits per heavy atom. The van der Waals surface area contributed by atoms with Gasteiger partial charge < -0.3 is 4.90 Å². The zero-order valence-corrected chi connectivity index (χ0v) is 28.8. The minimum absolute atomic E-state index is 0.190. The highest BCUT2D eigenvalue weighted by molar-refractivity contribution is 6.31. The van der Waals surface area contributed by atoms with Gasteiger partial charge in [-0.05, 0) is 81.6 Å². The highest BCUT2D eigenvalue weighted by Gasteiger charge is 2.45. The Labute approximate surface area is 295 Å². The Balaban J connectivity index is 1.31. The lowest BCUT2D eigenvalue weighted by Crippen LogP contribution is -2.51. The normalized spacial score (nSPS) is 14.9. The Bertz CT molecular complexity index is 2000. The number of benzene rings is 4. The molecule has 0 aromatic heterocycles. The molecule has 0 N–H and O–H groups in total. The number of aliphatic imine (C=N–C) groups is 1. The second-order valence-corrected chi connectivity index (χ2v) is 13.5. The highest BCUT2D eigenvalue weighted by atomic mass is 35.5. The van der Waals surface area contributed by atoms with Gasteiger partial charge in [-0.15, -0.1) is 0 Å². The van der Waals surface area contributed by atoms with Gasteiger partial charge in [-0.1, -0.05) is 77.8 Å². The molecular weight excluding hydrogens is 657 g/mol. The van der Waals surface area contributed by atoms with Crippen LogP contribution in [-0.2, 0) is 9.59 Å². The van der Waals surface area contributed by atoms with Gasteiger partial charge in [0.1, 0.15) is 11.3 Å². The first kappa shape index (κ1) is 34.0. The molecular formula is C40H35Cl2N3O4. The Morgan fingerprint density at radius 1 is 0.633 bits per heavy atom. The average Bonchev–Trinajstić information content (AvgIpc) is 3.48. The summed E-state index contributed by atoms with van der Waals surface area (Å²) in [5.74, 6) is -0.859. The van der Waals surface area contributed by atoms with Crippen LogP contribution in [0.25, 0.3) is 5.70 Å². The van der Waals surface area contributed by atoms with E-state index in [4.69, 9.17) is 23.2 Å². The zero-order valence-electron chi connectivity index (χ0n) is 27.3. The molecule has 0 saturated heterocycles. The van der Waals surface area contributed by atoms with Gasteiger partial charge in [0.2, 0.25) is 11.8 Å². The van der Waals surface area contributed by atoms with E-state index in [-0.39, 0.29) is 24.0 Å². The van der Waals surface area contributed by atoms with Crippen LogP contribution in [-0.4, -0.2) is 58.7 Å². The van der Waals surface area contributed by atoms with Gasteiger partial charge in [-0.2, -0.15) is 0 Å². The van der Waals surface area contributed by atoms with Crippen LogP contribution in [0, 0.1) is 5.41 Å². The molecule has 2 aliphatic heterocycles. The van der Waals surface area contributed by atoms with Gasteiger partial charge in [-0.3, -0.25) is 29.1 Å². The minimum Gasteiger partial charge on any atom is -0.311 e. The average molecular weight is 693 g/mol. The molecule has 2 aliphatic rings. The number of halogens is 2. The minimum atomic E-state index is -1.50. The Morgan fingerprint density at radius 3 is 1.73 bits per heavy atom. The molecule has 0 unspecified atom stereocenters. The lowest BCUT2D eigenvalue weighted by atomic mass is 9.87. The maximum Gasteiger partial charge on any atom is 0.243 e. The van der Waals surface area contributed by atoms with Gasteiger partial charge in [-0.25, -0.2) is 0 Å². The maximum absolute atomic E-state index is 14.6. The molecule has 4 aromatic carbocycles. The molecule has 0 spiro atoms. The third kappa shape index (κ3) is 6.87. The summed E-state index contributed by atoms with van der Waals surface area (Å²) >= 11 is 12.1. The van der Waals surface area contributed by atoms with Crippen molar-refractivity contribution in [2.75, 3.05) is 19.6 Å². The quantitative estimate of drug-likeness (QED) is 0.138. The van der Waals surface area contributed by atoms with E-state index in [2.05, 4.69) is 4.99 Å². The van der Waals surface area contributed by atoms with Crippen LogP contribution in [0.3, 0.4) is 0 Å². The summed E-state index contributed by atoms with van der Waals surface area (Å²) < 4.78 is 0. The van der Waals surface area contributed by atoms with Crippen LogP contribution in [0.1, 0.15) is 76.1 Å². The van der Waals surface area contributed by atoms with Gasteiger partial charge in [0, 0.05) is 62.2 Å². The standard InChI is InChI=1S/C40H35Cl2N3O4/c1-40(2,39(49)45-25-23-43-37(45)33-13-8-7-12-32(33)36(47)27-17-21-29(42)22-18-27)38(48)44-24-9-3-4-14-34(44)30-10-5-6-11-31(30)35(46)26-15-19-28(41)20-16-26/h5-8,10-22H,3-4,9,23-25H2,1-2H3. The van der Waals surface area contributed by atoms with Crippen LogP contribution in [0.5, 0.6) is 0 Å². The maximum atomic E-state index is 14.6. The van der Waals surface area contributed by atoms with Crippen LogP contribution in [0.2, 0.25) is 10.0 Å². The van der Waals surface area contributed by atoms with Crippen LogP contribution >= 0.6 is 23.2 Å². The number of hydrogen-bond acceptors (Lipinski definition) is 5. The molecule has 0 aliphatic carbocycles. The second kappa shape index (κ2) is 14.3. The van der Waals surface area contributed by atoms with Gasteiger partial charge in [0.15, 0.2) is 11.6 Å². The van der Waals surface area contributed by atoms with E-state index in [1.54, 1.807) is 104 Å². The van der Waals surface area contributed by atoms with Gasteiger partial charge in [0.25, 0.3) is 0 Å². The number of amides is 2. The van der Waals surface area contributed by atoms with Gasteiger partial charge >= 0.3 is 0 Å². The molecule has 9 heteroatoms. The lowest BCUT2D eigenvalue weighted by Gasteiger charge is -2.35. The highest BCUT2D eigenvalue weighted by Crippen LogP contribution is 2.34. The van der Waals surface area contributed by atoms with Crippen molar-refractivity contribution in [3.63, 3.8) is 0 Å². The molecule has 6 rings (SSSR count). The fourth-order valence-corrected chi connectivity index (χ4v) is 6.54. The summed E-state index contributed by atoms with van der Waals surface area (Å²) in [5, 5.41) is 1.05. The molecule has 0 radical (unpaired) electrons. The zero-order chi connectivity index (χ0) is 34.7. The molecule has 7 nitrogen and oxygen atoms in total. The second-order valence-electron chi connectivity index (χ2n) is 12.6. The Kier molecular flexibility index (Phi) is 9.95. The van der Waals surface area contributed by atoms with Crippen molar-refractivity contribution in [1.29, 1.82) is 0 Å². The number of carbonyl (C=O) groups is 4. The molecule has 248 valence electrons. The number of allylic oxidation sites excluding steroid dienone is 1. The van der Waals surface area contributed by atoms with Crippen LogP contribution < -0.4 is 0 Å². The largest absolute Gasteiger partial charge is 0.311 e. The van der Waals surface area contributed by atoms with Crippen molar-refractivity contribution in [1.82, 2.24) is 9.80 Å². The number of rotatable bonds is 8.